The van der Waals surface area contributed by atoms with Crippen molar-refractivity contribution < 1.29 is 12.8 Å². The molecule has 2 aromatic heterocycles. The zero-order valence-corrected chi connectivity index (χ0v) is 14.8. The largest absolute Gasteiger partial charge is 0.266 e. The number of nitrogens with zero attached hydrogens (tertiary/aromatic N) is 4. The van der Waals surface area contributed by atoms with Crippen LogP contribution < -0.4 is 4.72 Å². The SMILES string of the molecule is O=S(=O)(Nc1nn(-c2ncccn2)cc1Br)c1ccc(Cl)cc1F. The first kappa shape index (κ1) is 16.8. The van der Waals surface area contributed by atoms with E-state index in [0.29, 0.717) is 4.47 Å². The Hall–Kier alpha value is -2.04. The van der Waals surface area contributed by atoms with Gasteiger partial charge in [-0.3, -0.25) is 4.72 Å². The normalized spacial score (nSPS) is 11.5. The zero-order valence-electron chi connectivity index (χ0n) is 11.7. The first-order valence-electron chi connectivity index (χ1n) is 6.37. The number of benzene rings is 1. The van der Waals surface area contributed by atoms with Crippen LogP contribution in [0.2, 0.25) is 5.02 Å². The maximum absolute atomic E-state index is 13.9. The van der Waals surface area contributed by atoms with Crippen molar-refractivity contribution in [2.24, 2.45) is 0 Å². The molecule has 0 unspecified atom stereocenters. The number of nitrogens with one attached hydrogen (secondary N) is 1. The minimum absolute atomic E-state index is 0.0307. The van der Waals surface area contributed by atoms with Gasteiger partial charge in [-0.05, 0) is 40.2 Å². The third-order valence-electron chi connectivity index (χ3n) is 2.84. The van der Waals surface area contributed by atoms with Crippen molar-refractivity contribution in [2.75, 3.05) is 4.72 Å². The van der Waals surface area contributed by atoms with E-state index in [1.165, 1.54) is 29.3 Å². The molecule has 3 rings (SSSR count). The lowest BCUT2D eigenvalue weighted by Crippen LogP contribution is -2.15. The lowest BCUT2D eigenvalue weighted by Gasteiger charge is -2.07. The lowest BCUT2D eigenvalue weighted by molar-refractivity contribution is 0.570. The van der Waals surface area contributed by atoms with Gasteiger partial charge < -0.3 is 0 Å². The molecule has 7 nitrogen and oxygen atoms in total. The molecule has 1 N–H and O–H groups in total. The second-order valence-corrected chi connectivity index (χ2v) is 7.44. The van der Waals surface area contributed by atoms with Crippen LogP contribution >= 0.6 is 27.5 Å². The maximum Gasteiger partial charge on any atom is 0.266 e. The van der Waals surface area contributed by atoms with Crippen LogP contribution in [0.1, 0.15) is 0 Å². The number of aromatic nitrogens is 4. The molecule has 3 aromatic rings. The maximum atomic E-state index is 13.9. The monoisotopic (exact) mass is 431 g/mol. The van der Waals surface area contributed by atoms with E-state index in [4.69, 9.17) is 11.6 Å². The van der Waals surface area contributed by atoms with Crippen LogP contribution in [0.25, 0.3) is 5.95 Å². The molecule has 0 saturated carbocycles. The fourth-order valence-corrected chi connectivity index (χ4v) is 3.55. The van der Waals surface area contributed by atoms with Crippen molar-refractivity contribution in [3.8, 4) is 5.95 Å². The Labute approximate surface area is 149 Å². The van der Waals surface area contributed by atoms with Crippen molar-refractivity contribution >= 4 is 43.4 Å². The number of hydrogen-bond donors (Lipinski definition) is 1. The van der Waals surface area contributed by atoms with E-state index in [1.807, 2.05) is 0 Å². The van der Waals surface area contributed by atoms with Crippen LogP contribution in [-0.2, 0) is 10.0 Å². The summed E-state index contributed by atoms with van der Waals surface area (Å²) in [4.78, 5) is 7.46. The molecule has 0 radical (unpaired) electrons. The summed E-state index contributed by atoms with van der Waals surface area (Å²) in [6, 6.07) is 4.91. The summed E-state index contributed by atoms with van der Waals surface area (Å²) in [5.41, 5.74) is 0. The number of sulfonamides is 1. The third kappa shape index (κ3) is 3.40. The first-order chi connectivity index (χ1) is 11.4. The van der Waals surface area contributed by atoms with Crippen LogP contribution in [0.5, 0.6) is 0 Å². The predicted octanol–water partition coefficient (Wildman–Crippen LogP) is 3.02. The highest BCUT2D eigenvalue weighted by molar-refractivity contribution is 9.10. The molecule has 0 atom stereocenters. The van der Waals surface area contributed by atoms with Crippen LogP contribution in [0.15, 0.2) is 52.2 Å². The fourth-order valence-electron chi connectivity index (χ4n) is 1.81. The first-order valence-corrected chi connectivity index (χ1v) is 9.03. The Morgan fingerprint density at radius 1 is 1.25 bits per heavy atom. The summed E-state index contributed by atoms with van der Waals surface area (Å²) in [6.45, 7) is 0. The molecular weight excluding hydrogens is 425 g/mol. The topological polar surface area (TPSA) is 89.8 Å². The molecule has 11 heteroatoms. The van der Waals surface area contributed by atoms with Gasteiger partial charge in [0.05, 0.1) is 10.7 Å². The summed E-state index contributed by atoms with van der Waals surface area (Å²) in [6.07, 6.45) is 4.51. The molecule has 0 fully saturated rings. The van der Waals surface area contributed by atoms with Crippen molar-refractivity contribution in [1.82, 2.24) is 19.7 Å². The average Bonchev–Trinajstić information content (AvgIpc) is 2.88. The Morgan fingerprint density at radius 2 is 1.96 bits per heavy atom. The molecule has 0 aliphatic carbocycles. The zero-order chi connectivity index (χ0) is 17.3. The van der Waals surface area contributed by atoms with E-state index < -0.39 is 20.7 Å². The van der Waals surface area contributed by atoms with Gasteiger partial charge in [0.15, 0.2) is 5.82 Å². The Balaban J connectivity index is 1.95. The highest BCUT2D eigenvalue weighted by Crippen LogP contribution is 2.26. The van der Waals surface area contributed by atoms with Gasteiger partial charge in [-0.25, -0.2) is 27.5 Å². The van der Waals surface area contributed by atoms with Gasteiger partial charge in [0, 0.05) is 17.4 Å². The smallest absolute Gasteiger partial charge is 0.261 e. The van der Waals surface area contributed by atoms with Crippen molar-refractivity contribution in [3.63, 3.8) is 0 Å². The Morgan fingerprint density at radius 3 is 2.62 bits per heavy atom. The number of rotatable bonds is 4. The quantitative estimate of drug-likeness (QED) is 0.684. The van der Waals surface area contributed by atoms with Crippen LogP contribution in [0.4, 0.5) is 10.2 Å². The van der Waals surface area contributed by atoms with Gasteiger partial charge >= 0.3 is 0 Å². The van der Waals surface area contributed by atoms with E-state index in [1.54, 1.807) is 6.07 Å². The fraction of sp³-hybridized carbons (Fsp3) is 0. The van der Waals surface area contributed by atoms with E-state index in [9.17, 15) is 12.8 Å². The Bertz CT molecular complexity index is 997. The van der Waals surface area contributed by atoms with Gasteiger partial charge in [0.25, 0.3) is 16.0 Å². The molecule has 0 spiro atoms. The molecule has 1 aromatic carbocycles. The molecule has 2 heterocycles. The molecule has 0 bridgehead atoms. The van der Waals surface area contributed by atoms with Crippen LogP contribution in [0, 0.1) is 5.82 Å². The van der Waals surface area contributed by atoms with Crippen molar-refractivity contribution in [3.05, 3.63) is 58.2 Å². The Kier molecular flexibility index (Phi) is 4.52. The number of halogens is 3. The molecule has 0 aliphatic heterocycles. The molecule has 24 heavy (non-hydrogen) atoms. The highest BCUT2D eigenvalue weighted by atomic mass is 79.9. The summed E-state index contributed by atoms with van der Waals surface area (Å²) in [5.74, 6) is -0.741. The van der Waals surface area contributed by atoms with Crippen LogP contribution in [0.3, 0.4) is 0 Å². The second-order valence-electron chi connectivity index (χ2n) is 4.50. The molecule has 0 saturated heterocycles. The van der Waals surface area contributed by atoms with Crippen molar-refractivity contribution in [2.45, 2.75) is 4.90 Å². The van der Waals surface area contributed by atoms with Gasteiger partial charge in [-0.2, -0.15) is 0 Å². The number of anilines is 1. The van der Waals surface area contributed by atoms with Crippen LogP contribution in [-0.4, -0.2) is 28.2 Å². The second kappa shape index (κ2) is 6.46. The van der Waals surface area contributed by atoms with E-state index >= 15 is 0 Å². The molecule has 124 valence electrons. The lowest BCUT2D eigenvalue weighted by atomic mass is 10.3. The van der Waals surface area contributed by atoms with E-state index in [2.05, 4.69) is 35.7 Å². The van der Waals surface area contributed by atoms with Gasteiger partial charge in [-0.15, -0.1) is 5.10 Å². The minimum Gasteiger partial charge on any atom is -0.261 e. The van der Waals surface area contributed by atoms with Crippen molar-refractivity contribution in [1.29, 1.82) is 0 Å². The minimum atomic E-state index is -4.18. The number of hydrogen-bond acceptors (Lipinski definition) is 5. The standard InChI is InChI=1S/C13H8BrClFN5O2S/c14-9-7-21(13-17-4-1-5-18-13)19-12(9)20-24(22,23)11-3-2-8(15)6-10(11)16/h1-7H,(H,19,20). The van der Waals surface area contributed by atoms with E-state index in [-0.39, 0.29) is 16.8 Å². The summed E-state index contributed by atoms with van der Waals surface area (Å²) < 4.78 is 42.4. The summed E-state index contributed by atoms with van der Waals surface area (Å²) in [7, 11) is -4.18. The third-order valence-corrected chi connectivity index (χ3v) is 5.03. The molecular formula is C13H8BrClFN5O2S. The molecule has 0 aliphatic rings. The summed E-state index contributed by atoms with van der Waals surface area (Å²) in [5, 5.41) is 4.14. The summed E-state index contributed by atoms with van der Waals surface area (Å²) >= 11 is 8.82. The van der Waals surface area contributed by atoms with E-state index in [0.717, 1.165) is 12.1 Å². The van der Waals surface area contributed by atoms with Gasteiger partial charge in [-0.1, -0.05) is 11.6 Å². The van der Waals surface area contributed by atoms with Gasteiger partial charge in [0.2, 0.25) is 0 Å². The highest BCUT2D eigenvalue weighted by Gasteiger charge is 2.22. The average molecular weight is 433 g/mol. The van der Waals surface area contributed by atoms with Gasteiger partial charge in [0.1, 0.15) is 10.7 Å². The predicted molar refractivity (Wildman–Crippen MR) is 89.1 cm³/mol. The molecule has 0 amide bonds.